The zero-order chi connectivity index (χ0) is 13.1. The molecule has 2 aromatic rings. The van der Waals surface area contributed by atoms with Crippen molar-refractivity contribution in [3.8, 4) is 6.07 Å². The fraction of sp³-hybridized carbons (Fsp3) is 0.250. The predicted octanol–water partition coefficient (Wildman–Crippen LogP) is 2.91. The van der Waals surface area contributed by atoms with Crippen molar-refractivity contribution in [2.24, 2.45) is 0 Å². The Labute approximate surface area is 113 Å². The lowest BCUT2D eigenvalue weighted by Gasteiger charge is -2.23. The highest BCUT2D eigenvalue weighted by molar-refractivity contribution is 5.50. The van der Waals surface area contributed by atoms with Crippen LogP contribution in [0.4, 0.5) is 5.69 Å². The molecule has 0 radical (unpaired) electrons. The number of pyridine rings is 1. The van der Waals surface area contributed by atoms with E-state index < -0.39 is 0 Å². The fourth-order valence-corrected chi connectivity index (χ4v) is 2.60. The Bertz CT molecular complexity index is 628. The van der Waals surface area contributed by atoms with Gasteiger partial charge in [0.15, 0.2) is 0 Å². The number of nitrogens with zero attached hydrogens (tertiary/aromatic N) is 3. The Morgan fingerprint density at radius 2 is 2.00 bits per heavy atom. The van der Waals surface area contributed by atoms with E-state index in [0.29, 0.717) is 5.69 Å². The Balaban J connectivity index is 1.92. The molecule has 94 valence electrons. The van der Waals surface area contributed by atoms with Crippen LogP contribution in [0.25, 0.3) is 0 Å². The molecule has 1 aromatic heterocycles. The number of rotatable bonds is 1. The molecule has 0 aliphatic carbocycles. The number of fused-ring (bicyclic) bond motifs is 1. The van der Waals surface area contributed by atoms with Crippen LogP contribution in [0.2, 0.25) is 0 Å². The summed E-state index contributed by atoms with van der Waals surface area (Å²) in [6.07, 6.45) is 3.98. The van der Waals surface area contributed by atoms with Crippen molar-refractivity contribution in [1.82, 2.24) is 4.98 Å². The summed E-state index contributed by atoms with van der Waals surface area (Å²) in [5, 5.41) is 8.94. The molecule has 3 heteroatoms. The molecule has 0 N–H and O–H groups in total. The number of aryl methyl sites for hydroxylation is 1. The lowest BCUT2D eigenvalue weighted by atomic mass is 10.0. The van der Waals surface area contributed by atoms with Gasteiger partial charge in [-0.1, -0.05) is 24.3 Å². The van der Waals surface area contributed by atoms with E-state index in [4.69, 9.17) is 5.26 Å². The second-order valence-corrected chi connectivity index (χ2v) is 4.80. The van der Waals surface area contributed by atoms with Gasteiger partial charge in [-0.3, -0.25) is 0 Å². The minimum Gasteiger partial charge on any atom is -0.367 e. The second-order valence-electron chi connectivity index (χ2n) is 4.80. The van der Waals surface area contributed by atoms with Gasteiger partial charge in [0.05, 0.1) is 0 Å². The molecule has 3 nitrogen and oxygen atoms in total. The number of anilines is 1. The van der Waals surface area contributed by atoms with Crippen LogP contribution in [0.5, 0.6) is 0 Å². The number of hydrogen-bond donors (Lipinski definition) is 0. The SMILES string of the molecule is N#Cc1cc(N2CCCc3ccccc3C2)ccn1. The smallest absolute Gasteiger partial charge is 0.142 e. The third kappa shape index (κ3) is 2.43. The first-order valence-electron chi connectivity index (χ1n) is 6.55. The van der Waals surface area contributed by atoms with E-state index >= 15 is 0 Å². The predicted molar refractivity (Wildman–Crippen MR) is 74.8 cm³/mol. The van der Waals surface area contributed by atoms with Gasteiger partial charge in [-0.15, -0.1) is 0 Å². The lowest BCUT2D eigenvalue weighted by Crippen LogP contribution is -2.22. The summed E-state index contributed by atoms with van der Waals surface area (Å²) in [5.74, 6) is 0. The highest BCUT2D eigenvalue weighted by Crippen LogP contribution is 2.23. The number of benzene rings is 1. The van der Waals surface area contributed by atoms with Crippen LogP contribution in [-0.4, -0.2) is 11.5 Å². The van der Waals surface area contributed by atoms with Gasteiger partial charge in [-0.25, -0.2) is 4.98 Å². The van der Waals surface area contributed by atoms with Crippen molar-refractivity contribution in [1.29, 1.82) is 5.26 Å². The van der Waals surface area contributed by atoms with Crippen LogP contribution < -0.4 is 4.90 Å². The highest BCUT2D eigenvalue weighted by atomic mass is 15.1. The van der Waals surface area contributed by atoms with E-state index in [1.54, 1.807) is 6.20 Å². The maximum atomic E-state index is 8.94. The zero-order valence-corrected chi connectivity index (χ0v) is 10.7. The van der Waals surface area contributed by atoms with E-state index in [9.17, 15) is 0 Å². The quantitative estimate of drug-likeness (QED) is 0.780. The molecule has 0 unspecified atom stereocenters. The van der Waals surface area contributed by atoms with Crippen LogP contribution in [0.15, 0.2) is 42.6 Å². The van der Waals surface area contributed by atoms with Gasteiger partial charge in [-0.2, -0.15) is 5.26 Å². The monoisotopic (exact) mass is 249 g/mol. The average Bonchev–Trinajstić information content (AvgIpc) is 2.69. The summed E-state index contributed by atoms with van der Waals surface area (Å²) in [5.41, 5.74) is 4.40. The third-order valence-corrected chi connectivity index (χ3v) is 3.58. The van der Waals surface area contributed by atoms with Gasteiger partial charge < -0.3 is 4.90 Å². The molecule has 19 heavy (non-hydrogen) atoms. The van der Waals surface area contributed by atoms with E-state index in [1.165, 1.54) is 11.1 Å². The van der Waals surface area contributed by atoms with Crippen LogP contribution in [-0.2, 0) is 13.0 Å². The van der Waals surface area contributed by atoms with Crippen molar-refractivity contribution < 1.29 is 0 Å². The molecule has 1 aromatic carbocycles. The van der Waals surface area contributed by atoms with Crippen LogP contribution >= 0.6 is 0 Å². The molecular weight excluding hydrogens is 234 g/mol. The number of aromatic nitrogens is 1. The van der Waals surface area contributed by atoms with Crippen LogP contribution in [0, 0.1) is 11.3 Å². The topological polar surface area (TPSA) is 39.9 Å². The zero-order valence-electron chi connectivity index (χ0n) is 10.7. The van der Waals surface area contributed by atoms with E-state index in [2.05, 4.69) is 40.2 Å². The summed E-state index contributed by atoms with van der Waals surface area (Å²) in [4.78, 5) is 6.36. The maximum Gasteiger partial charge on any atom is 0.142 e. The molecule has 3 rings (SSSR count). The summed E-state index contributed by atoms with van der Waals surface area (Å²) in [7, 11) is 0. The lowest BCUT2D eigenvalue weighted by molar-refractivity contribution is 0.765. The number of nitriles is 1. The molecule has 0 saturated carbocycles. The average molecular weight is 249 g/mol. The Kier molecular flexibility index (Phi) is 3.16. The van der Waals surface area contributed by atoms with Crippen molar-refractivity contribution in [2.75, 3.05) is 11.4 Å². The minimum atomic E-state index is 0.482. The number of hydrogen-bond acceptors (Lipinski definition) is 3. The Morgan fingerprint density at radius 3 is 2.84 bits per heavy atom. The van der Waals surface area contributed by atoms with Crippen molar-refractivity contribution in [3.05, 3.63) is 59.4 Å². The molecule has 0 fully saturated rings. The fourth-order valence-electron chi connectivity index (χ4n) is 2.60. The molecule has 0 spiro atoms. The minimum absolute atomic E-state index is 0.482. The van der Waals surface area contributed by atoms with E-state index in [0.717, 1.165) is 31.6 Å². The summed E-state index contributed by atoms with van der Waals surface area (Å²) in [6.45, 7) is 1.93. The summed E-state index contributed by atoms with van der Waals surface area (Å²) in [6, 6.07) is 14.6. The van der Waals surface area contributed by atoms with Crippen molar-refractivity contribution >= 4 is 5.69 Å². The highest BCUT2D eigenvalue weighted by Gasteiger charge is 2.14. The molecular formula is C16H15N3. The van der Waals surface area contributed by atoms with Gasteiger partial charge in [0.1, 0.15) is 11.8 Å². The van der Waals surface area contributed by atoms with Gasteiger partial charge in [0, 0.05) is 25.0 Å². The first-order chi connectivity index (χ1) is 9.36. The Morgan fingerprint density at radius 1 is 1.16 bits per heavy atom. The maximum absolute atomic E-state index is 8.94. The van der Waals surface area contributed by atoms with E-state index in [1.807, 2.05) is 12.1 Å². The Hall–Kier alpha value is -2.34. The van der Waals surface area contributed by atoms with Gasteiger partial charge in [0.25, 0.3) is 0 Å². The second kappa shape index (κ2) is 5.11. The van der Waals surface area contributed by atoms with Crippen molar-refractivity contribution in [3.63, 3.8) is 0 Å². The molecule has 2 heterocycles. The largest absolute Gasteiger partial charge is 0.367 e. The van der Waals surface area contributed by atoms with Gasteiger partial charge in [-0.05, 0) is 36.1 Å². The van der Waals surface area contributed by atoms with Crippen LogP contribution in [0.1, 0.15) is 23.2 Å². The first kappa shape index (κ1) is 11.7. The van der Waals surface area contributed by atoms with Gasteiger partial charge >= 0.3 is 0 Å². The summed E-state index contributed by atoms with van der Waals surface area (Å²) >= 11 is 0. The molecule has 1 aliphatic rings. The standard InChI is InChI=1S/C16H15N3/c17-11-15-10-16(7-8-18-15)19-9-3-6-13-4-1-2-5-14(13)12-19/h1-2,4-5,7-8,10H,3,6,9,12H2. The molecule has 1 aliphatic heterocycles. The first-order valence-corrected chi connectivity index (χ1v) is 6.55. The molecule has 0 saturated heterocycles. The molecule has 0 amide bonds. The molecule has 0 bridgehead atoms. The van der Waals surface area contributed by atoms with Gasteiger partial charge in [0.2, 0.25) is 0 Å². The van der Waals surface area contributed by atoms with Crippen molar-refractivity contribution in [2.45, 2.75) is 19.4 Å². The molecule has 0 atom stereocenters. The summed E-state index contributed by atoms with van der Waals surface area (Å²) < 4.78 is 0. The van der Waals surface area contributed by atoms with Crippen LogP contribution in [0.3, 0.4) is 0 Å². The third-order valence-electron chi connectivity index (χ3n) is 3.58. The normalized spacial score (nSPS) is 14.4. The van der Waals surface area contributed by atoms with E-state index in [-0.39, 0.29) is 0 Å².